The van der Waals surface area contributed by atoms with Crippen LogP contribution < -0.4 is 10.6 Å². The molecule has 2 fully saturated rings. The second-order valence-electron chi connectivity index (χ2n) is 7.02. The summed E-state index contributed by atoms with van der Waals surface area (Å²) in [5.41, 5.74) is -0.109. The topological polar surface area (TPSA) is 70.6 Å². The molecule has 1 aliphatic carbocycles. The molecule has 5 nitrogen and oxygen atoms in total. The van der Waals surface area contributed by atoms with Crippen molar-refractivity contribution in [1.82, 2.24) is 10.6 Å². The molecule has 0 amide bonds. The fourth-order valence-electron chi connectivity index (χ4n) is 2.92. The minimum Gasteiger partial charge on any atom is -0.357 e. The van der Waals surface area contributed by atoms with Crippen molar-refractivity contribution in [2.45, 2.75) is 44.3 Å². The van der Waals surface area contributed by atoms with E-state index < -0.39 is 9.84 Å². The highest BCUT2D eigenvalue weighted by Crippen LogP contribution is 2.46. The molecule has 7 heteroatoms. The molecule has 1 aliphatic heterocycles. The molecule has 2 N–H and O–H groups in total. The molecule has 0 spiro atoms. The highest BCUT2D eigenvalue weighted by molar-refractivity contribution is 8.00. The van der Waals surface area contributed by atoms with Gasteiger partial charge in [-0.15, -0.1) is 0 Å². The Morgan fingerprint density at radius 2 is 2.00 bits per heavy atom. The van der Waals surface area contributed by atoms with Crippen molar-refractivity contribution < 1.29 is 8.42 Å². The van der Waals surface area contributed by atoms with Crippen molar-refractivity contribution in [2.24, 2.45) is 10.4 Å². The number of thioether (sulfide) groups is 1. The van der Waals surface area contributed by atoms with E-state index in [0.29, 0.717) is 11.3 Å². The van der Waals surface area contributed by atoms with E-state index in [1.165, 1.54) is 24.9 Å². The van der Waals surface area contributed by atoms with Gasteiger partial charge in [0.15, 0.2) is 5.96 Å². The molecule has 1 heterocycles. The first-order chi connectivity index (χ1) is 10.3. The van der Waals surface area contributed by atoms with Crippen LogP contribution in [0.1, 0.15) is 39.5 Å². The van der Waals surface area contributed by atoms with Gasteiger partial charge in [0.1, 0.15) is 9.84 Å². The number of sulfone groups is 1. The normalized spacial score (nSPS) is 27.7. The molecule has 0 radical (unpaired) electrons. The van der Waals surface area contributed by atoms with Crippen molar-refractivity contribution in [1.29, 1.82) is 0 Å². The zero-order valence-corrected chi connectivity index (χ0v) is 15.6. The Morgan fingerprint density at radius 1 is 1.27 bits per heavy atom. The molecule has 1 saturated heterocycles. The SMILES string of the molecule is CCNC(=NCC1(CS(C)(=O)=O)CC1)NCC1(C)CCCS1. The van der Waals surface area contributed by atoms with Gasteiger partial charge in [-0.25, -0.2) is 8.42 Å². The van der Waals surface area contributed by atoms with Crippen molar-refractivity contribution in [3.63, 3.8) is 0 Å². The largest absolute Gasteiger partial charge is 0.357 e. The molecule has 0 aromatic carbocycles. The van der Waals surface area contributed by atoms with Crippen LogP contribution in [0.5, 0.6) is 0 Å². The third-order valence-corrected chi connectivity index (χ3v) is 7.05. The molecule has 1 saturated carbocycles. The van der Waals surface area contributed by atoms with Gasteiger partial charge in [0, 0.05) is 36.1 Å². The summed E-state index contributed by atoms with van der Waals surface area (Å²) in [5, 5.41) is 6.70. The number of rotatable bonds is 7. The summed E-state index contributed by atoms with van der Waals surface area (Å²) in [7, 11) is -2.93. The molecule has 0 aromatic heterocycles. The van der Waals surface area contributed by atoms with E-state index >= 15 is 0 Å². The fraction of sp³-hybridized carbons (Fsp3) is 0.933. The van der Waals surface area contributed by atoms with Crippen LogP contribution in [0, 0.1) is 5.41 Å². The first-order valence-corrected chi connectivity index (χ1v) is 11.1. The third-order valence-electron chi connectivity index (χ3n) is 4.37. The Bertz CT molecular complexity index is 507. The lowest BCUT2D eigenvalue weighted by Gasteiger charge is -2.24. The van der Waals surface area contributed by atoms with Crippen LogP contribution in [0.2, 0.25) is 0 Å². The standard InChI is InChI=1S/C15H29N3O2S2/c1-4-16-13(17-10-14(2)6-5-9-21-14)18-11-15(7-8-15)12-22(3,19)20/h4-12H2,1-3H3,(H2,16,17,18). The van der Waals surface area contributed by atoms with Gasteiger partial charge >= 0.3 is 0 Å². The summed E-state index contributed by atoms with van der Waals surface area (Å²) in [6, 6.07) is 0. The van der Waals surface area contributed by atoms with Crippen LogP contribution in [-0.4, -0.2) is 56.5 Å². The number of aliphatic imine (C=N–C) groups is 1. The van der Waals surface area contributed by atoms with Crippen LogP contribution in [0.15, 0.2) is 4.99 Å². The second kappa shape index (κ2) is 6.99. The number of nitrogens with zero attached hydrogens (tertiary/aromatic N) is 1. The summed E-state index contributed by atoms with van der Waals surface area (Å²) < 4.78 is 23.3. The highest BCUT2D eigenvalue weighted by atomic mass is 32.2. The van der Waals surface area contributed by atoms with Crippen LogP contribution in [0.4, 0.5) is 0 Å². The van der Waals surface area contributed by atoms with Gasteiger partial charge in [0.05, 0.1) is 5.75 Å². The monoisotopic (exact) mass is 347 g/mol. The van der Waals surface area contributed by atoms with Crippen molar-refractivity contribution in [2.75, 3.05) is 37.4 Å². The summed E-state index contributed by atoms with van der Waals surface area (Å²) in [5.74, 6) is 2.32. The maximum absolute atomic E-state index is 11.5. The average molecular weight is 348 g/mol. The smallest absolute Gasteiger partial charge is 0.191 e. The van der Waals surface area contributed by atoms with Crippen LogP contribution in [-0.2, 0) is 9.84 Å². The molecule has 0 bridgehead atoms. The van der Waals surface area contributed by atoms with E-state index in [4.69, 9.17) is 0 Å². The molecule has 2 rings (SSSR count). The summed E-state index contributed by atoms with van der Waals surface area (Å²) in [6.45, 7) is 6.66. The predicted octanol–water partition coefficient (Wildman–Crippen LogP) is 1.65. The van der Waals surface area contributed by atoms with Gasteiger partial charge in [-0.3, -0.25) is 4.99 Å². The predicted molar refractivity (Wildman–Crippen MR) is 95.5 cm³/mol. The highest BCUT2D eigenvalue weighted by Gasteiger charge is 2.45. The van der Waals surface area contributed by atoms with Gasteiger partial charge in [-0.1, -0.05) is 0 Å². The van der Waals surface area contributed by atoms with Gasteiger partial charge in [0.25, 0.3) is 0 Å². The fourth-order valence-corrected chi connectivity index (χ4v) is 5.65. The Morgan fingerprint density at radius 3 is 2.50 bits per heavy atom. The van der Waals surface area contributed by atoms with Gasteiger partial charge in [-0.05, 0) is 45.3 Å². The Labute approximate surface area is 139 Å². The first-order valence-electron chi connectivity index (χ1n) is 8.10. The minimum absolute atomic E-state index is 0.109. The van der Waals surface area contributed by atoms with Crippen LogP contribution >= 0.6 is 11.8 Å². The summed E-state index contributed by atoms with van der Waals surface area (Å²) in [6.07, 6.45) is 5.78. The van der Waals surface area contributed by atoms with E-state index in [-0.39, 0.29) is 11.2 Å². The Hall–Kier alpha value is -0.430. The zero-order chi connectivity index (χ0) is 16.3. The van der Waals surface area contributed by atoms with E-state index in [9.17, 15) is 8.42 Å². The lowest BCUT2D eigenvalue weighted by Crippen LogP contribution is -2.44. The van der Waals surface area contributed by atoms with E-state index in [1.807, 2.05) is 18.7 Å². The molecule has 2 aliphatic rings. The van der Waals surface area contributed by atoms with Crippen LogP contribution in [0.3, 0.4) is 0 Å². The van der Waals surface area contributed by atoms with E-state index in [1.54, 1.807) is 0 Å². The average Bonchev–Trinajstić information content (AvgIpc) is 3.02. The summed E-state index contributed by atoms with van der Waals surface area (Å²) >= 11 is 2.02. The second-order valence-corrected chi connectivity index (χ2v) is 10.8. The van der Waals surface area contributed by atoms with Crippen molar-refractivity contribution in [3.8, 4) is 0 Å². The Kier molecular flexibility index (Phi) is 5.69. The lowest BCUT2D eigenvalue weighted by molar-refractivity contribution is 0.547. The molecule has 1 atom stereocenters. The summed E-state index contributed by atoms with van der Waals surface area (Å²) in [4.78, 5) is 4.64. The third kappa shape index (κ3) is 5.65. The number of hydrogen-bond donors (Lipinski definition) is 2. The molecule has 1 unspecified atom stereocenters. The Balaban J connectivity index is 1.90. The molecule has 22 heavy (non-hydrogen) atoms. The maximum atomic E-state index is 11.5. The number of nitrogens with one attached hydrogen (secondary N) is 2. The van der Waals surface area contributed by atoms with E-state index in [2.05, 4.69) is 22.5 Å². The molecular weight excluding hydrogens is 318 g/mol. The van der Waals surface area contributed by atoms with Crippen molar-refractivity contribution in [3.05, 3.63) is 0 Å². The van der Waals surface area contributed by atoms with E-state index in [0.717, 1.165) is 31.9 Å². The van der Waals surface area contributed by atoms with Crippen LogP contribution in [0.25, 0.3) is 0 Å². The number of hydrogen-bond acceptors (Lipinski definition) is 4. The molecular formula is C15H29N3O2S2. The maximum Gasteiger partial charge on any atom is 0.191 e. The lowest BCUT2D eigenvalue weighted by atomic mass is 10.1. The van der Waals surface area contributed by atoms with Gasteiger partial charge < -0.3 is 10.6 Å². The molecule has 0 aromatic rings. The first kappa shape index (κ1) is 17.9. The zero-order valence-electron chi connectivity index (χ0n) is 13.9. The minimum atomic E-state index is -2.93. The van der Waals surface area contributed by atoms with Gasteiger partial charge in [0.2, 0.25) is 0 Å². The van der Waals surface area contributed by atoms with Gasteiger partial charge in [-0.2, -0.15) is 11.8 Å². The number of guanidine groups is 1. The molecule has 128 valence electrons. The van der Waals surface area contributed by atoms with Crippen molar-refractivity contribution >= 4 is 27.6 Å². The quantitative estimate of drug-likeness (QED) is 0.541.